The van der Waals surface area contributed by atoms with Gasteiger partial charge >= 0.3 is 12.0 Å². The van der Waals surface area contributed by atoms with Gasteiger partial charge in [0.05, 0.1) is 12.1 Å². The van der Waals surface area contributed by atoms with Crippen LogP contribution in [0.25, 0.3) is 0 Å². The minimum Gasteiger partial charge on any atom is -0.481 e. The Morgan fingerprint density at radius 3 is 2.65 bits per heavy atom. The lowest BCUT2D eigenvalue weighted by Crippen LogP contribution is -2.34. The van der Waals surface area contributed by atoms with Crippen LogP contribution in [-0.4, -0.2) is 40.1 Å². The molecule has 6 nitrogen and oxygen atoms in total. The number of carbonyl (C=O) groups excluding carboxylic acids is 1. The summed E-state index contributed by atoms with van der Waals surface area (Å²) in [6.07, 6.45) is -0.127. The first-order valence-corrected chi connectivity index (χ1v) is 6.16. The van der Waals surface area contributed by atoms with Crippen LogP contribution in [0.1, 0.15) is 19.5 Å². The van der Waals surface area contributed by atoms with E-state index in [9.17, 15) is 9.59 Å². The summed E-state index contributed by atoms with van der Waals surface area (Å²) < 4.78 is 0. The van der Waals surface area contributed by atoms with Crippen molar-refractivity contribution in [2.24, 2.45) is 0 Å². The third-order valence-electron chi connectivity index (χ3n) is 2.15. The Hall–Kier alpha value is -1.63. The second-order valence-electron chi connectivity index (χ2n) is 3.32. The quantitative estimate of drug-likeness (QED) is 0.840. The third-order valence-corrected chi connectivity index (χ3v) is 2.96. The van der Waals surface area contributed by atoms with Gasteiger partial charge in [-0.2, -0.15) is 0 Å². The summed E-state index contributed by atoms with van der Waals surface area (Å²) in [5.41, 5.74) is 0.456. The van der Waals surface area contributed by atoms with Crippen LogP contribution in [0.5, 0.6) is 0 Å². The van der Waals surface area contributed by atoms with Gasteiger partial charge in [-0.15, -0.1) is 11.3 Å². The van der Waals surface area contributed by atoms with Crippen molar-refractivity contribution >= 4 is 28.5 Å². The number of nitrogens with zero attached hydrogens (tertiary/aromatic N) is 2. The second kappa shape index (κ2) is 6.19. The Kier molecular flexibility index (Phi) is 4.89. The molecular formula is C10H15N3O3S. The molecule has 1 aromatic rings. The highest BCUT2D eigenvalue weighted by Gasteiger charge is 2.12. The smallest absolute Gasteiger partial charge is 0.323 e. The molecule has 0 saturated heterocycles. The minimum atomic E-state index is -0.933. The highest BCUT2D eigenvalue weighted by molar-refractivity contribution is 7.13. The van der Waals surface area contributed by atoms with E-state index in [1.807, 2.05) is 13.8 Å². The van der Waals surface area contributed by atoms with Crippen LogP contribution in [0.3, 0.4) is 0 Å². The van der Waals surface area contributed by atoms with Gasteiger partial charge in [-0.25, -0.2) is 9.78 Å². The summed E-state index contributed by atoms with van der Waals surface area (Å²) in [6, 6.07) is -0.216. The average molecular weight is 257 g/mol. The number of hydrogen-bond donors (Lipinski definition) is 2. The number of anilines is 1. The number of carbonyl (C=O) groups is 2. The fourth-order valence-electron chi connectivity index (χ4n) is 1.28. The number of urea groups is 1. The van der Waals surface area contributed by atoms with Crippen LogP contribution >= 0.6 is 11.3 Å². The Morgan fingerprint density at radius 1 is 1.47 bits per heavy atom. The van der Waals surface area contributed by atoms with Crippen LogP contribution < -0.4 is 5.32 Å². The van der Waals surface area contributed by atoms with Crippen LogP contribution in [-0.2, 0) is 11.2 Å². The number of carboxylic acid groups (broad SMARTS) is 1. The summed E-state index contributed by atoms with van der Waals surface area (Å²) in [4.78, 5) is 27.8. The topological polar surface area (TPSA) is 82.5 Å². The van der Waals surface area contributed by atoms with Gasteiger partial charge in [0.1, 0.15) is 0 Å². The molecule has 1 heterocycles. The molecule has 0 fully saturated rings. The molecule has 0 aliphatic heterocycles. The largest absolute Gasteiger partial charge is 0.481 e. The number of nitrogens with one attached hydrogen (secondary N) is 1. The summed E-state index contributed by atoms with van der Waals surface area (Å²) in [5, 5.41) is 13.3. The molecule has 0 aliphatic rings. The fourth-order valence-corrected chi connectivity index (χ4v) is 1.98. The van der Waals surface area contributed by atoms with Gasteiger partial charge < -0.3 is 10.0 Å². The molecule has 0 saturated carbocycles. The summed E-state index contributed by atoms with van der Waals surface area (Å²) in [5.74, 6) is -0.933. The predicted molar refractivity (Wildman–Crippen MR) is 65.4 cm³/mol. The van der Waals surface area contributed by atoms with Gasteiger partial charge in [0.15, 0.2) is 5.13 Å². The molecule has 0 spiro atoms. The molecule has 1 aromatic heterocycles. The summed E-state index contributed by atoms with van der Waals surface area (Å²) in [7, 11) is 0. The van der Waals surface area contributed by atoms with Crippen LogP contribution in [0, 0.1) is 0 Å². The Bertz CT molecular complexity index is 401. The van der Waals surface area contributed by atoms with E-state index in [1.165, 1.54) is 11.3 Å². The van der Waals surface area contributed by atoms with Crippen molar-refractivity contribution in [3.05, 3.63) is 11.1 Å². The Morgan fingerprint density at radius 2 is 2.12 bits per heavy atom. The summed E-state index contributed by atoms with van der Waals surface area (Å²) >= 11 is 1.23. The van der Waals surface area contributed by atoms with E-state index in [4.69, 9.17) is 5.11 Å². The zero-order chi connectivity index (χ0) is 12.8. The minimum absolute atomic E-state index is 0.127. The summed E-state index contributed by atoms with van der Waals surface area (Å²) in [6.45, 7) is 5.02. The van der Waals surface area contributed by atoms with E-state index in [2.05, 4.69) is 10.3 Å². The molecule has 17 heavy (non-hydrogen) atoms. The van der Waals surface area contributed by atoms with Crippen molar-refractivity contribution in [2.45, 2.75) is 20.3 Å². The second-order valence-corrected chi connectivity index (χ2v) is 4.18. The van der Waals surface area contributed by atoms with Crippen LogP contribution in [0.15, 0.2) is 5.38 Å². The first kappa shape index (κ1) is 13.4. The maximum atomic E-state index is 11.7. The van der Waals surface area contributed by atoms with Gasteiger partial charge in [0, 0.05) is 18.5 Å². The Labute approximate surface area is 103 Å². The average Bonchev–Trinajstić information content (AvgIpc) is 2.66. The number of rotatable bonds is 5. The van der Waals surface area contributed by atoms with Gasteiger partial charge in [0.25, 0.3) is 0 Å². The van der Waals surface area contributed by atoms with Crippen molar-refractivity contribution in [3.8, 4) is 0 Å². The van der Waals surface area contributed by atoms with Gasteiger partial charge in [0.2, 0.25) is 0 Å². The van der Waals surface area contributed by atoms with Gasteiger partial charge in [-0.3, -0.25) is 10.1 Å². The lowest BCUT2D eigenvalue weighted by atomic mass is 10.3. The number of thiazole rings is 1. The fraction of sp³-hybridized carbons (Fsp3) is 0.500. The predicted octanol–water partition coefficient (Wildman–Crippen LogP) is 1.64. The molecule has 0 aliphatic carbocycles. The first-order chi connectivity index (χ1) is 8.06. The normalized spacial score (nSPS) is 10.0. The first-order valence-electron chi connectivity index (χ1n) is 5.28. The van der Waals surface area contributed by atoms with E-state index < -0.39 is 5.97 Å². The van der Waals surface area contributed by atoms with E-state index in [0.717, 1.165) is 0 Å². The Balaban J connectivity index is 2.59. The van der Waals surface area contributed by atoms with Crippen molar-refractivity contribution in [1.29, 1.82) is 0 Å². The van der Waals surface area contributed by atoms with Crippen LogP contribution in [0.2, 0.25) is 0 Å². The van der Waals surface area contributed by atoms with Crippen molar-refractivity contribution < 1.29 is 14.7 Å². The molecule has 94 valence electrons. The number of hydrogen-bond acceptors (Lipinski definition) is 4. The molecule has 0 radical (unpaired) electrons. The zero-order valence-corrected chi connectivity index (χ0v) is 10.6. The van der Waals surface area contributed by atoms with E-state index in [1.54, 1.807) is 10.3 Å². The maximum absolute atomic E-state index is 11.7. The van der Waals surface area contributed by atoms with Crippen molar-refractivity contribution in [2.75, 3.05) is 18.4 Å². The number of aliphatic carboxylic acids is 1. The molecular weight excluding hydrogens is 242 g/mol. The SMILES string of the molecule is CCN(CC)C(=O)Nc1nc(CC(=O)O)cs1. The molecule has 0 aromatic carbocycles. The van der Waals surface area contributed by atoms with Crippen LogP contribution in [0.4, 0.5) is 9.93 Å². The van der Waals surface area contributed by atoms with Crippen molar-refractivity contribution in [3.63, 3.8) is 0 Å². The molecule has 0 atom stereocenters. The van der Waals surface area contributed by atoms with Crippen molar-refractivity contribution in [1.82, 2.24) is 9.88 Å². The molecule has 0 unspecified atom stereocenters. The maximum Gasteiger partial charge on any atom is 0.323 e. The highest BCUT2D eigenvalue weighted by atomic mass is 32.1. The zero-order valence-electron chi connectivity index (χ0n) is 9.77. The lowest BCUT2D eigenvalue weighted by molar-refractivity contribution is -0.136. The molecule has 7 heteroatoms. The van der Waals surface area contributed by atoms with E-state index in [-0.39, 0.29) is 12.5 Å². The number of carboxylic acids is 1. The molecule has 2 amide bonds. The molecule has 2 N–H and O–H groups in total. The molecule has 0 bridgehead atoms. The van der Waals surface area contributed by atoms with Gasteiger partial charge in [-0.1, -0.05) is 0 Å². The van der Waals surface area contributed by atoms with E-state index in [0.29, 0.717) is 23.9 Å². The number of amides is 2. The highest BCUT2D eigenvalue weighted by Crippen LogP contribution is 2.16. The third kappa shape index (κ3) is 4.03. The number of aromatic nitrogens is 1. The molecule has 1 rings (SSSR count). The monoisotopic (exact) mass is 257 g/mol. The lowest BCUT2D eigenvalue weighted by Gasteiger charge is -2.17. The van der Waals surface area contributed by atoms with Gasteiger partial charge in [-0.05, 0) is 13.8 Å². The standard InChI is InChI=1S/C10H15N3O3S/c1-3-13(4-2)10(16)12-9-11-7(6-17-9)5-8(14)15/h6H,3-5H2,1-2H3,(H,14,15)(H,11,12,16). The van der Waals surface area contributed by atoms with E-state index >= 15 is 0 Å².